The van der Waals surface area contributed by atoms with E-state index in [0.29, 0.717) is 18.7 Å². The Kier molecular flexibility index (Phi) is 7.15. The molecule has 32 heavy (non-hydrogen) atoms. The number of rotatable bonds is 5. The number of carbonyl (C=O) groups excluding carboxylic acids is 1. The first-order valence-electron chi connectivity index (χ1n) is 11.3. The maximum absolute atomic E-state index is 13.1. The third-order valence-electron chi connectivity index (χ3n) is 6.27. The fourth-order valence-corrected chi connectivity index (χ4v) is 5.89. The Bertz CT molecular complexity index is 1080. The lowest BCUT2D eigenvalue weighted by molar-refractivity contribution is 0.0471. The van der Waals surface area contributed by atoms with Gasteiger partial charge in [-0.05, 0) is 79.0 Å². The molecule has 0 spiro atoms. The van der Waals surface area contributed by atoms with Crippen LogP contribution in [0.3, 0.4) is 0 Å². The van der Waals surface area contributed by atoms with Gasteiger partial charge < -0.3 is 4.74 Å². The van der Waals surface area contributed by atoms with Gasteiger partial charge in [-0.1, -0.05) is 45.4 Å². The lowest BCUT2D eigenvalue weighted by Crippen LogP contribution is -2.36. The number of carbonyl (C=O) groups is 1. The highest BCUT2D eigenvalue weighted by Gasteiger charge is 2.28. The molecular formula is C26H35NO4S. The molecule has 0 saturated carbocycles. The standard InChI is InChI=1S/C26H35NO4S/c1-18-10-11-21(16-24(18)32(29,30)27-12-8-7-9-13-27)25(28)31-17-23-19(2)14-22(15-20(23)3)26(4,5)6/h10-11,14-16H,7-9,12-13,17H2,1-6H3. The molecule has 6 heteroatoms. The van der Waals surface area contributed by atoms with Gasteiger partial charge in [-0.25, -0.2) is 13.2 Å². The van der Waals surface area contributed by atoms with Crippen LogP contribution in [0.25, 0.3) is 0 Å². The van der Waals surface area contributed by atoms with E-state index in [1.807, 2.05) is 13.8 Å². The number of aryl methyl sites for hydroxylation is 3. The van der Waals surface area contributed by atoms with Crippen LogP contribution in [0.1, 0.15) is 78.2 Å². The predicted octanol–water partition coefficient (Wildman–Crippen LogP) is 5.44. The van der Waals surface area contributed by atoms with Crippen molar-refractivity contribution in [2.45, 2.75) is 77.7 Å². The van der Waals surface area contributed by atoms with Crippen molar-refractivity contribution < 1.29 is 17.9 Å². The lowest BCUT2D eigenvalue weighted by Gasteiger charge is -2.26. The maximum atomic E-state index is 13.1. The van der Waals surface area contributed by atoms with E-state index < -0.39 is 16.0 Å². The molecule has 0 unspecified atom stereocenters. The Balaban J connectivity index is 1.80. The Hall–Kier alpha value is -2.18. The quantitative estimate of drug-likeness (QED) is 0.561. The summed E-state index contributed by atoms with van der Waals surface area (Å²) in [4.78, 5) is 13.0. The van der Waals surface area contributed by atoms with Crippen molar-refractivity contribution in [2.24, 2.45) is 0 Å². The predicted molar refractivity (Wildman–Crippen MR) is 128 cm³/mol. The molecule has 2 aromatic carbocycles. The summed E-state index contributed by atoms with van der Waals surface area (Å²) in [6.45, 7) is 13.5. The van der Waals surface area contributed by atoms with Crippen molar-refractivity contribution in [3.05, 3.63) is 63.7 Å². The molecule has 0 N–H and O–H groups in total. The Labute approximate surface area is 192 Å². The van der Waals surface area contributed by atoms with E-state index in [0.717, 1.165) is 36.0 Å². The van der Waals surface area contributed by atoms with E-state index in [2.05, 4.69) is 32.9 Å². The fraction of sp³-hybridized carbons (Fsp3) is 0.500. The average molecular weight is 458 g/mol. The summed E-state index contributed by atoms with van der Waals surface area (Å²) in [5, 5.41) is 0. The van der Waals surface area contributed by atoms with Crippen molar-refractivity contribution in [3.8, 4) is 0 Å². The van der Waals surface area contributed by atoms with Crippen molar-refractivity contribution in [1.82, 2.24) is 4.31 Å². The summed E-state index contributed by atoms with van der Waals surface area (Å²) < 4.78 is 33.4. The number of nitrogens with zero attached hydrogens (tertiary/aromatic N) is 1. The zero-order valence-electron chi connectivity index (χ0n) is 20.1. The van der Waals surface area contributed by atoms with E-state index in [4.69, 9.17) is 4.74 Å². The van der Waals surface area contributed by atoms with Crippen LogP contribution >= 0.6 is 0 Å². The monoisotopic (exact) mass is 457 g/mol. The second-order valence-corrected chi connectivity index (χ2v) is 11.8. The minimum absolute atomic E-state index is 0.0445. The molecule has 5 nitrogen and oxygen atoms in total. The minimum Gasteiger partial charge on any atom is -0.457 e. The third kappa shape index (κ3) is 5.24. The summed E-state index contributed by atoms with van der Waals surface area (Å²) in [7, 11) is -3.62. The molecule has 174 valence electrons. The number of hydrogen-bond donors (Lipinski definition) is 0. The van der Waals surface area contributed by atoms with E-state index in [-0.39, 0.29) is 22.5 Å². The molecule has 0 radical (unpaired) electrons. The molecule has 3 rings (SSSR count). The van der Waals surface area contributed by atoms with Crippen LogP contribution in [-0.4, -0.2) is 31.8 Å². The van der Waals surface area contributed by atoms with Gasteiger partial charge >= 0.3 is 5.97 Å². The number of sulfonamides is 1. The maximum Gasteiger partial charge on any atom is 0.338 e. The van der Waals surface area contributed by atoms with Gasteiger partial charge in [0.1, 0.15) is 6.61 Å². The topological polar surface area (TPSA) is 63.7 Å². The van der Waals surface area contributed by atoms with Gasteiger partial charge in [0.25, 0.3) is 0 Å². The first kappa shape index (κ1) is 24.5. The summed E-state index contributed by atoms with van der Waals surface area (Å²) in [5.74, 6) is -0.515. The second kappa shape index (κ2) is 9.36. The molecule has 1 aliphatic heterocycles. The molecule has 0 bridgehead atoms. The van der Waals surface area contributed by atoms with Crippen molar-refractivity contribution in [1.29, 1.82) is 0 Å². The smallest absolute Gasteiger partial charge is 0.338 e. The summed E-state index contributed by atoms with van der Waals surface area (Å²) >= 11 is 0. The van der Waals surface area contributed by atoms with Gasteiger partial charge in [-0.15, -0.1) is 0 Å². The molecule has 2 aromatic rings. The van der Waals surface area contributed by atoms with E-state index in [9.17, 15) is 13.2 Å². The van der Waals surface area contributed by atoms with Gasteiger partial charge in [0.05, 0.1) is 10.5 Å². The normalized spacial score (nSPS) is 15.6. The third-order valence-corrected chi connectivity index (χ3v) is 8.31. The van der Waals surface area contributed by atoms with Crippen molar-refractivity contribution in [3.63, 3.8) is 0 Å². The van der Waals surface area contributed by atoms with Crippen LogP contribution in [0, 0.1) is 20.8 Å². The van der Waals surface area contributed by atoms with Crippen LogP contribution in [0.2, 0.25) is 0 Å². The number of ether oxygens (including phenoxy) is 1. The van der Waals surface area contributed by atoms with Crippen LogP contribution in [-0.2, 0) is 26.8 Å². The fourth-order valence-electron chi connectivity index (χ4n) is 4.12. The summed E-state index contributed by atoms with van der Waals surface area (Å²) in [6.07, 6.45) is 2.78. The molecule has 0 atom stereocenters. The highest BCUT2D eigenvalue weighted by Crippen LogP contribution is 2.28. The van der Waals surface area contributed by atoms with Gasteiger partial charge in [0.15, 0.2) is 0 Å². The zero-order valence-corrected chi connectivity index (χ0v) is 20.9. The minimum atomic E-state index is -3.62. The molecule has 0 aromatic heterocycles. The van der Waals surface area contributed by atoms with E-state index in [1.165, 1.54) is 15.9 Å². The van der Waals surface area contributed by atoms with Gasteiger partial charge in [0.2, 0.25) is 10.0 Å². The van der Waals surface area contributed by atoms with Gasteiger partial charge in [-0.3, -0.25) is 0 Å². The molecule has 0 aliphatic carbocycles. The SMILES string of the molecule is Cc1ccc(C(=O)OCc2c(C)cc(C(C)(C)C)cc2C)cc1S(=O)(=O)N1CCCCC1. The molecule has 1 heterocycles. The molecule has 1 fully saturated rings. The van der Waals surface area contributed by atoms with Gasteiger partial charge in [-0.2, -0.15) is 4.31 Å². The average Bonchev–Trinajstić information content (AvgIpc) is 2.73. The van der Waals surface area contributed by atoms with Crippen LogP contribution < -0.4 is 0 Å². The largest absolute Gasteiger partial charge is 0.457 e. The van der Waals surface area contributed by atoms with Crippen LogP contribution in [0.15, 0.2) is 35.2 Å². The van der Waals surface area contributed by atoms with Crippen LogP contribution in [0.4, 0.5) is 0 Å². The zero-order chi connectivity index (χ0) is 23.7. The molecule has 1 aliphatic rings. The highest BCUT2D eigenvalue weighted by atomic mass is 32.2. The first-order valence-corrected chi connectivity index (χ1v) is 12.7. The van der Waals surface area contributed by atoms with Crippen molar-refractivity contribution >= 4 is 16.0 Å². The number of esters is 1. The molecular weight excluding hydrogens is 422 g/mol. The first-order chi connectivity index (χ1) is 14.9. The van der Waals surface area contributed by atoms with E-state index >= 15 is 0 Å². The summed E-state index contributed by atoms with van der Waals surface area (Å²) in [6, 6.07) is 9.07. The number of benzene rings is 2. The van der Waals surface area contributed by atoms with Crippen molar-refractivity contribution in [2.75, 3.05) is 13.1 Å². The Morgan fingerprint density at radius 3 is 2.09 bits per heavy atom. The van der Waals surface area contributed by atoms with Gasteiger partial charge in [0, 0.05) is 13.1 Å². The summed E-state index contributed by atoms with van der Waals surface area (Å²) in [5.41, 5.74) is 5.33. The van der Waals surface area contributed by atoms with E-state index in [1.54, 1.807) is 19.1 Å². The second-order valence-electron chi connectivity index (χ2n) is 9.86. The highest BCUT2D eigenvalue weighted by molar-refractivity contribution is 7.89. The van der Waals surface area contributed by atoms with Crippen LogP contribution in [0.5, 0.6) is 0 Å². The number of piperidine rings is 1. The number of hydrogen-bond acceptors (Lipinski definition) is 4. The Morgan fingerprint density at radius 1 is 0.938 bits per heavy atom. The lowest BCUT2D eigenvalue weighted by atomic mass is 9.84. The Morgan fingerprint density at radius 2 is 1.53 bits per heavy atom. The molecule has 0 amide bonds. The molecule has 1 saturated heterocycles.